The van der Waals surface area contributed by atoms with E-state index in [2.05, 4.69) is 12.2 Å². The number of halogens is 1. The first-order valence-corrected chi connectivity index (χ1v) is 5.25. The highest BCUT2D eigenvalue weighted by atomic mass is 35.5. The van der Waals surface area contributed by atoms with Crippen molar-refractivity contribution in [3.8, 4) is 0 Å². The average molecular weight is 226 g/mol. The predicted octanol–water partition coefficient (Wildman–Crippen LogP) is 2.86. The summed E-state index contributed by atoms with van der Waals surface area (Å²) < 4.78 is 0. The molecule has 15 heavy (non-hydrogen) atoms. The molecule has 2 rings (SSSR count). The summed E-state index contributed by atoms with van der Waals surface area (Å²) in [5, 5.41) is 12.6. The summed E-state index contributed by atoms with van der Waals surface area (Å²) in [5.41, 5.74) is 0.892. The van der Waals surface area contributed by atoms with Crippen LogP contribution in [0.25, 0.3) is 0 Å². The van der Waals surface area contributed by atoms with Gasteiger partial charge < -0.3 is 10.4 Å². The lowest BCUT2D eigenvalue weighted by Gasteiger charge is -2.08. The Labute approximate surface area is 93.1 Å². The molecule has 1 aliphatic rings. The van der Waals surface area contributed by atoms with Crippen molar-refractivity contribution in [2.24, 2.45) is 5.92 Å². The SMILES string of the molecule is CC1CC1Nc1ccc(Cl)cc1C(=O)O. The first-order valence-electron chi connectivity index (χ1n) is 4.87. The Morgan fingerprint density at radius 3 is 2.80 bits per heavy atom. The molecule has 2 atom stereocenters. The van der Waals surface area contributed by atoms with Gasteiger partial charge in [-0.2, -0.15) is 0 Å². The molecule has 3 nitrogen and oxygen atoms in total. The van der Waals surface area contributed by atoms with Crippen LogP contribution in [0.1, 0.15) is 23.7 Å². The second-order valence-electron chi connectivity index (χ2n) is 3.96. The normalized spacial score (nSPS) is 23.6. The van der Waals surface area contributed by atoms with Gasteiger partial charge in [-0.25, -0.2) is 4.79 Å². The van der Waals surface area contributed by atoms with Crippen LogP contribution < -0.4 is 5.32 Å². The Morgan fingerprint density at radius 2 is 2.27 bits per heavy atom. The van der Waals surface area contributed by atoms with Crippen LogP contribution in [0.4, 0.5) is 5.69 Å². The molecule has 0 spiro atoms. The third kappa shape index (κ3) is 2.23. The first kappa shape index (κ1) is 10.3. The third-order valence-electron chi connectivity index (χ3n) is 2.66. The average Bonchev–Trinajstić information content (AvgIpc) is 2.85. The smallest absolute Gasteiger partial charge is 0.337 e. The number of hydrogen-bond donors (Lipinski definition) is 2. The van der Waals surface area contributed by atoms with Crippen molar-refractivity contribution < 1.29 is 9.90 Å². The maximum atomic E-state index is 11.0. The molecule has 2 unspecified atom stereocenters. The minimum absolute atomic E-state index is 0.238. The lowest BCUT2D eigenvalue weighted by molar-refractivity contribution is 0.0698. The van der Waals surface area contributed by atoms with E-state index in [4.69, 9.17) is 16.7 Å². The molecular weight excluding hydrogens is 214 g/mol. The topological polar surface area (TPSA) is 49.3 Å². The van der Waals surface area contributed by atoms with E-state index in [0.29, 0.717) is 22.7 Å². The zero-order chi connectivity index (χ0) is 11.0. The standard InChI is InChI=1S/C11H12ClNO2/c1-6-4-10(6)13-9-3-2-7(12)5-8(9)11(14)15/h2-3,5-6,10,13H,4H2,1H3,(H,14,15). The predicted molar refractivity (Wildman–Crippen MR) is 59.6 cm³/mol. The fraction of sp³-hybridized carbons (Fsp3) is 0.364. The first-order chi connectivity index (χ1) is 7.08. The van der Waals surface area contributed by atoms with Crippen molar-refractivity contribution in [2.75, 3.05) is 5.32 Å². The molecule has 0 aromatic heterocycles. The Kier molecular flexibility index (Phi) is 2.57. The highest BCUT2D eigenvalue weighted by Gasteiger charge is 2.33. The van der Waals surface area contributed by atoms with Crippen LogP contribution in [0.5, 0.6) is 0 Å². The number of anilines is 1. The van der Waals surface area contributed by atoms with Gasteiger partial charge in [0.05, 0.1) is 5.56 Å². The Hall–Kier alpha value is -1.22. The third-order valence-corrected chi connectivity index (χ3v) is 2.90. The number of benzene rings is 1. The molecule has 1 aromatic carbocycles. The lowest BCUT2D eigenvalue weighted by Crippen LogP contribution is -2.09. The molecule has 0 heterocycles. The van der Waals surface area contributed by atoms with Crippen molar-refractivity contribution in [3.63, 3.8) is 0 Å². The Morgan fingerprint density at radius 1 is 1.60 bits per heavy atom. The summed E-state index contributed by atoms with van der Waals surface area (Å²) in [5.74, 6) is -0.323. The summed E-state index contributed by atoms with van der Waals surface area (Å²) in [6, 6.07) is 5.30. The molecule has 1 aliphatic carbocycles. The van der Waals surface area contributed by atoms with Crippen LogP contribution in [0.15, 0.2) is 18.2 Å². The van der Waals surface area contributed by atoms with E-state index in [1.54, 1.807) is 12.1 Å². The molecule has 0 amide bonds. The number of hydrogen-bond acceptors (Lipinski definition) is 2. The molecule has 4 heteroatoms. The van der Waals surface area contributed by atoms with E-state index in [9.17, 15) is 4.79 Å². The Balaban J connectivity index is 2.25. The van der Waals surface area contributed by atoms with Crippen LogP contribution in [0.2, 0.25) is 5.02 Å². The summed E-state index contributed by atoms with van der Waals surface area (Å²) in [6.07, 6.45) is 1.10. The summed E-state index contributed by atoms with van der Waals surface area (Å²) in [4.78, 5) is 11.0. The molecular formula is C11H12ClNO2. The van der Waals surface area contributed by atoms with Crippen molar-refractivity contribution in [3.05, 3.63) is 28.8 Å². The number of carbonyl (C=O) groups is 1. The maximum Gasteiger partial charge on any atom is 0.337 e. The van der Waals surface area contributed by atoms with E-state index in [1.807, 2.05) is 0 Å². The monoisotopic (exact) mass is 225 g/mol. The summed E-state index contributed by atoms with van der Waals surface area (Å²) in [6.45, 7) is 2.13. The molecule has 1 saturated carbocycles. The van der Waals surface area contributed by atoms with Gasteiger partial charge in [0, 0.05) is 16.8 Å². The lowest BCUT2D eigenvalue weighted by atomic mass is 10.2. The van der Waals surface area contributed by atoms with Crippen LogP contribution in [0.3, 0.4) is 0 Å². The number of nitrogens with one attached hydrogen (secondary N) is 1. The maximum absolute atomic E-state index is 11.0. The zero-order valence-corrected chi connectivity index (χ0v) is 9.08. The van der Waals surface area contributed by atoms with E-state index in [-0.39, 0.29) is 5.56 Å². The van der Waals surface area contributed by atoms with Gasteiger partial charge in [-0.3, -0.25) is 0 Å². The van der Waals surface area contributed by atoms with E-state index in [1.165, 1.54) is 6.07 Å². The van der Waals surface area contributed by atoms with Gasteiger partial charge >= 0.3 is 5.97 Å². The highest BCUT2D eigenvalue weighted by Crippen LogP contribution is 2.34. The van der Waals surface area contributed by atoms with Crippen LogP contribution >= 0.6 is 11.6 Å². The van der Waals surface area contributed by atoms with Gasteiger partial charge in [0.25, 0.3) is 0 Å². The van der Waals surface area contributed by atoms with Crippen molar-refractivity contribution in [2.45, 2.75) is 19.4 Å². The molecule has 0 radical (unpaired) electrons. The van der Waals surface area contributed by atoms with Crippen LogP contribution in [0, 0.1) is 5.92 Å². The quantitative estimate of drug-likeness (QED) is 0.832. The Bertz CT molecular complexity index is 406. The van der Waals surface area contributed by atoms with Crippen molar-refractivity contribution >= 4 is 23.3 Å². The molecule has 0 bridgehead atoms. The summed E-state index contributed by atoms with van der Waals surface area (Å²) in [7, 11) is 0. The fourth-order valence-electron chi connectivity index (χ4n) is 1.54. The molecule has 0 saturated heterocycles. The van der Waals surface area contributed by atoms with Crippen molar-refractivity contribution in [1.29, 1.82) is 0 Å². The van der Waals surface area contributed by atoms with Gasteiger partial charge in [-0.15, -0.1) is 0 Å². The number of carboxylic acids is 1. The second-order valence-corrected chi connectivity index (χ2v) is 4.40. The largest absolute Gasteiger partial charge is 0.478 e. The molecule has 80 valence electrons. The van der Waals surface area contributed by atoms with Gasteiger partial charge in [0.1, 0.15) is 0 Å². The summed E-state index contributed by atoms with van der Waals surface area (Å²) >= 11 is 5.75. The fourth-order valence-corrected chi connectivity index (χ4v) is 1.71. The van der Waals surface area contributed by atoms with E-state index in [0.717, 1.165) is 6.42 Å². The van der Waals surface area contributed by atoms with E-state index < -0.39 is 5.97 Å². The molecule has 2 N–H and O–H groups in total. The number of aromatic carboxylic acids is 1. The van der Waals surface area contributed by atoms with E-state index >= 15 is 0 Å². The zero-order valence-electron chi connectivity index (χ0n) is 8.33. The van der Waals surface area contributed by atoms with Crippen molar-refractivity contribution in [1.82, 2.24) is 0 Å². The number of carboxylic acid groups (broad SMARTS) is 1. The minimum atomic E-state index is -0.951. The minimum Gasteiger partial charge on any atom is -0.478 e. The number of rotatable bonds is 3. The van der Waals surface area contributed by atoms with Gasteiger partial charge in [0.2, 0.25) is 0 Å². The second kappa shape index (κ2) is 3.74. The van der Waals surface area contributed by atoms with Crippen LogP contribution in [-0.2, 0) is 0 Å². The molecule has 0 aliphatic heterocycles. The molecule has 1 fully saturated rings. The van der Waals surface area contributed by atoms with Gasteiger partial charge in [-0.1, -0.05) is 18.5 Å². The van der Waals surface area contributed by atoms with Crippen LogP contribution in [-0.4, -0.2) is 17.1 Å². The molecule has 1 aromatic rings. The van der Waals surface area contributed by atoms with Gasteiger partial charge in [0.15, 0.2) is 0 Å². The highest BCUT2D eigenvalue weighted by molar-refractivity contribution is 6.31. The van der Waals surface area contributed by atoms with Gasteiger partial charge in [-0.05, 0) is 30.5 Å².